The van der Waals surface area contributed by atoms with Gasteiger partial charge in [0, 0.05) is 0 Å². The van der Waals surface area contributed by atoms with E-state index in [1.807, 2.05) is 6.08 Å². The van der Waals surface area contributed by atoms with Crippen molar-refractivity contribution in [2.24, 2.45) is 0 Å². The SMILES string of the molecule is C=CCC(O[Si](C)(C)C/C=C/CCCCC)c1ccccc1. The first kappa shape index (κ1) is 18.9. The van der Waals surface area contributed by atoms with Crippen molar-refractivity contribution in [3.63, 3.8) is 0 Å². The Balaban J connectivity index is 2.53. The summed E-state index contributed by atoms with van der Waals surface area (Å²) in [7, 11) is -1.69. The van der Waals surface area contributed by atoms with Gasteiger partial charge in [-0.2, -0.15) is 0 Å². The Hall–Kier alpha value is -1.12. The third-order valence-electron chi connectivity index (χ3n) is 3.76. The summed E-state index contributed by atoms with van der Waals surface area (Å²) in [5, 5.41) is 0. The third kappa shape index (κ3) is 7.76. The van der Waals surface area contributed by atoms with Crippen LogP contribution < -0.4 is 0 Å². The molecule has 0 radical (unpaired) electrons. The number of hydrogen-bond donors (Lipinski definition) is 0. The molecule has 0 aliphatic heterocycles. The fourth-order valence-corrected chi connectivity index (χ4v) is 4.33. The molecule has 0 aliphatic carbocycles. The highest BCUT2D eigenvalue weighted by molar-refractivity contribution is 6.71. The van der Waals surface area contributed by atoms with Gasteiger partial charge >= 0.3 is 0 Å². The van der Waals surface area contributed by atoms with Crippen LogP contribution in [0.5, 0.6) is 0 Å². The van der Waals surface area contributed by atoms with Gasteiger partial charge in [0.2, 0.25) is 0 Å². The maximum Gasteiger partial charge on any atom is 0.191 e. The van der Waals surface area contributed by atoms with E-state index in [0.29, 0.717) is 0 Å². The van der Waals surface area contributed by atoms with Crippen LogP contribution >= 0.6 is 0 Å². The standard InChI is InChI=1S/C20H32OSi/c1-5-7-8-9-10-14-18-22(3,4)21-20(15-6-2)19-16-12-11-13-17-19/h6,10-14,16-17,20H,2,5,7-9,15,18H2,1,3-4H3/b14-10+. The van der Waals surface area contributed by atoms with Gasteiger partial charge in [-0.3, -0.25) is 0 Å². The Morgan fingerprint density at radius 1 is 1.14 bits per heavy atom. The molecule has 1 nitrogen and oxygen atoms in total. The third-order valence-corrected chi connectivity index (χ3v) is 5.91. The van der Waals surface area contributed by atoms with Crippen LogP contribution in [0.15, 0.2) is 55.1 Å². The molecule has 1 atom stereocenters. The van der Waals surface area contributed by atoms with E-state index < -0.39 is 8.32 Å². The van der Waals surface area contributed by atoms with E-state index in [1.165, 1.54) is 31.2 Å². The van der Waals surface area contributed by atoms with Crippen molar-refractivity contribution in [1.29, 1.82) is 0 Å². The molecular weight excluding hydrogens is 284 g/mol. The largest absolute Gasteiger partial charge is 0.410 e. The average Bonchev–Trinajstić information content (AvgIpc) is 2.51. The molecule has 2 heteroatoms. The van der Waals surface area contributed by atoms with E-state index in [1.54, 1.807) is 0 Å². The zero-order valence-electron chi connectivity index (χ0n) is 14.6. The summed E-state index contributed by atoms with van der Waals surface area (Å²) in [6.07, 6.45) is 12.8. The second-order valence-corrected chi connectivity index (χ2v) is 10.6. The molecular formula is C20H32OSi. The number of unbranched alkanes of at least 4 members (excludes halogenated alkanes) is 3. The second-order valence-electron chi connectivity index (χ2n) is 6.47. The maximum atomic E-state index is 6.51. The Morgan fingerprint density at radius 3 is 2.50 bits per heavy atom. The summed E-state index contributed by atoms with van der Waals surface area (Å²) in [6, 6.07) is 11.6. The number of hydrogen-bond acceptors (Lipinski definition) is 1. The Bertz CT molecular complexity index is 436. The molecule has 0 aliphatic rings. The van der Waals surface area contributed by atoms with Crippen molar-refractivity contribution >= 4 is 8.32 Å². The van der Waals surface area contributed by atoms with Crippen molar-refractivity contribution in [2.45, 2.75) is 64.3 Å². The van der Waals surface area contributed by atoms with Gasteiger partial charge in [0.15, 0.2) is 8.32 Å². The van der Waals surface area contributed by atoms with E-state index in [4.69, 9.17) is 4.43 Å². The van der Waals surface area contributed by atoms with Gasteiger partial charge in [-0.05, 0) is 44.0 Å². The summed E-state index contributed by atoms with van der Waals surface area (Å²) in [6.45, 7) is 10.7. The average molecular weight is 317 g/mol. The number of allylic oxidation sites excluding steroid dienone is 2. The minimum absolute atomic E-state index is 0.147. The summed E-state index contributed by atoms with van der Waals surface area (Å²) < 4.78 is 6.51. The predicted molar refractivity (Wildman–Crippen MR) is 101 cm³/mol. The fourth-order valence-electron chi connectivity index (χ4n) is 2.50. The van der Waals surface area contributed by atoms with Gasteiger partial charge in [0.1, 0.15) is 0 Å². The van der Waals surface area contributed by atoms with Gasteiger partial charge in [-0.1, -0.05) is 68.3 Å². The fraction of sp³-hybridized carbons (Fsp3) is 0.500. The minimum atomic E-state index is -1.69. The lowest BCUT2D eigenvalue weighted by atomic mass is 10.1. The van der Waals surface area contributed by atoms with E-state index >= 15 is 0 Å². The normalized spacial score (nSPS) is 13.4. The van der Waals surface area contributed by atoms with Gasteiger partial charge in [-0.25, -0.2) is 0 Å². The Kier molecular flexibility index (Phi) is 9.10. The zero-order valence-corrected chi connectivity index (χ0v) is 15.6. The van der Waals surface area contributed by atoms with Crippen LogP contribution in [0, 0.1) is 0 Å². The minimum Gasteiger partial charge on any atom is -0.410 e. The summed E-state index contributed by atoms with van der Waals surface area (Å²) >= 11 is 0. The Labute approximate surface area is 138 Å². The quantitative estimate of drug-likeness (QED) is 0.252. The Morgan fingerprint density at radius 2 is 1.86 bits per heavy atom. The second kappa shape index (κ2) is 10.6. The molecule has 1 rings (SSSR count). The lowest BCUT2D eigenvalue weighted by Crippen LogP contribution is -2.31. The zero-order chi connectivity index (χ0) is 16.3. The molecule has 0 fully saturated rings. The van der Waals surface area contributed by atoms with E-state index in [0.717, 1.165) is 12.5 Å². The van der Waals surface area contributed by atoms with Crippen LogP contribution in [0.2, 0.25) is 19.1 Å². The van der Waals surface area contributed by atoms with Gasteiger partial charge in [0.25, 0.3) is 0 Å². The first-order chi connectivity index (χ1) is 10.6. The molecule has 0 saturated heterocycles. The molecule has 0 amide bonds. The summed E-state index contributed by atoms with van der Waals surface area (Å²) in [4.78, 5) is 0. The van der Waals surface area contributed by atoms with Gasteiger partial charge in [0.05, 0.1) is 6.10 Å². The van der Waals surface area contributed by atoms with Crippen LogP contribution in [0.4, 0.5) is 0 Å². The molecule has 1 aromatic rings. The van der Waals surface area contributed by atoms with E-state index in [9.17, 15) is 0 Å². The van der Waals surface area contributed by atoms with E-state index in [2.05, 4.69) is 69.1 Å². The summed E-state index contributed by atoms with van der Waals surface area (Å²) in [5.41, 5.74) is 1.26. The van der Waals surface area contributed by atoms with Crippen LogP contribution in [-0.2, 0) is 4.43 Å². The monoisotopic (exact) mass is 316 g/mol. The summed E-state index contributed by atoms with van der Waals surface area (Å²) in [5.74, 6) is 0. The highest BCUT2D eigenvalue weighted by Crippen LogP contribution is 2.27. The van der Waals surface area contributed by atoms with Crippen molar-refractivity contribution in [3.05, 3.63) is 60.7 Å². The van der Waals surface area contributed by atoms with Crippen LogP contribution in [-0.4, -0.2) is 8.32 Å². The van der Waals surface area contributed by atoms with Crippen molar-refractivity contribution in [1.82, 2.24) is 0 Å². The molecule has 0 N–H and O–H groups in total. The topological polar surface area (TPSA) is 9.23 Å². The van der Waals surface area contributed by atoms with Crippen LogP contribution in [0.3, 0.4) is 0 Å². The van der Waals surface area contributed by atoms with Crippen LogP contribution in [0.1, 0.15) is 50.7 Å². The molecule has 1 unspecified atom stereocenters. The van der Waals surface area contributed by atoms with Gasteiger partial charge < -0.3 is 4.43 Å². The number of rotatable bonds is 11. The van der Waals surface area contributed by atoms with Gasteiger partial charge in [-0.15, -0.1) is 6.58 Å². The smallest absolute Gasteiger partial charge is 0.191 e. The van der Waals surface area contributed by atoms with Crippen molar-refractivity contribution in [2.75, 3.05) is 0 Å². The van der Waals surface area contributed by atoms with Crippen molar-refractivity contribution < 1.29 is 4.43 Å². The van der Waals surface area contributed by atoms with E-state index in [-0.39, 0.29) is 6.10 Å². The lowest BCUT2D eigenvalue weighted by molar-refractivity contribution is 0.199. The maximum absolute atomic E-state index is 6.51. The van der Waals surface area contributed by atoms with Crippen LogP contribution in [0.25, 0.3) is 0 Å². The highest BCUT2D eigenvalue weighted by Gasteiger charge is 2.25. The lowest BCUT2D eigenvalue weighted by Gasteiger charge is -2.28. The molecule has 0 saturated carbocycles. The molecule has 0 spiro atoms. The number of benzene rings is 1. The highest BCUT2D eigenvalue weighted by atomic mass is 28.4. The van der Waals surface area contributed by atoms with Crippen molar-refractivity contribution in [3.8, 4) is 0 Å². The first-order valence-electron chi connectivity index (χ1n) is 8.57. The molecule has 0 bridgehead atoms. The molecule has 22 heavy (non-hydrogen) atoms. The molecule has 0 heterocycles. The molecule has 122 valence electrons. The molecule has 1 aromatic carbocycles. The molecule has 0 aromatic heterocycles. The predicted octanol–water partition coefficient (Wildman–Crippen LogP) is 6.66. The first-order valence-corrected chi connectivity index (χ1v) is 11.7.